The number of amides is 2. The molecular weight excluding hydrogens is 270 g/mol. The molecule has 2 rings (SSSR count). The number of benzene rings is 1. The minimum atomic E-state index is -1.04. The molecule has 0 saturated carbocycles. The summed E-state index contributed by atoms with van der Waals surface area (Å²) >= 11 is 0. The van der Waals surface area contributed by atoms with E-state index < -0.39 is 12.0 Å². The van der Waals surface area contributed by atoms with E-state index in [2.05, 4.69) is 15.6 Å². The van der Waals surface area contributed by atoms with Crippen molar-refractivity contribution in [2.45, 2.75) is 13.8 Å². The molecule has 1 heterocycles. The molecule has 2 aromatic rings. The minimum Gasteiger partial charge on any atom is -0.478 e. The third-order valence-electron chi connectivity index (χ3n) is 2.84. The Labute approximate surface area is 121 Å². The lowest BCUT2D eigenvalue weighted by Gasteiger charge is -2.10. The molecule has 0 fully saturated rings. The summed E-state index contributed by atoms with van der Waals surface area (Å²) in [5.74, 6) is -1.04. The maximum atomic E-state index is 11.9. The van der Waals surface area contributed by atoms with E-state index in [1.165, 1.54) is 12.1 Å². The molecular formula is C15H15N3O3. The van der Waals surface area contributed by atoms with Gasteiger partial charge >= 0.3 is 12.0 Å². The number of carboxylic acids is 1. The number of nitrogens with one attached hydrogen (secondary N) is 2. The van der Waals surface area contributed by atoms with Crippen LogP contribution in [0.1, 0.15) is 21.7 Å². The van der Waals surface area contributed by atoms with Crippen molar-refractivity contribution in [3.05, 3.63) is 53.3 Å². The highest BCUT2D eigenvalue weighted by Gasteiger charge is 2.08. The summed E-state index contributed by atoms with van der Waals surface area (Å²) < 4.78 is 0. The fourth-order valence-electron chi connectivity index (χ4n) is 1.83. The fraction of sp³-hybridized carbons (Fsp3) is 0.133. The van der Waals surface area contributed by atoms with Gasteiger partial charge in [0.2, 0.25) is 0 Å². The average Bonchev–Trinajstić information content (AvgIpc) is 2.42. The molecule has 1 aromatic carbocycles. The molecule has 0 aliphatic carbocycles. The molecule has 6 heteroatoms. The monoisotopic (exact) mass is 285 g/mol. The van der Waals surface area contributed by atoms with E-state index in [0.717, 1.165) is 5.69 Å². The number of hydrogen-bond acceptors (Lipinski definition) is 3. The summed E-state index contributed by atoms with van der Waals surface area (Å²) in [6, 6.07) is 9.15. The first-order chi connectivity index (χ1) is 9.95. The summed E-state index contributed by atoms with van der Waals surface area (Å²) in [7, 11) is 0. The van der Waals surface area contributed by atoms with Gasteiger partial charge in [-0.25, -0.2) is 9.59 Å². The average molecular weight is 285 g/mol. The van der Waals surface area contributed by atoms with E-state index in [-0.39, 0.29) is 5.56 Å². The maximum Gasteiger partial charge on any atom is 0.335 e. The minimum absolute atomic E-state index is 0.112. The topological polar surface area (TPSA) is 91.3 Å². The van der Waals surface area contributed by atoms with Crippen molar-refractivity contribution in [1.82, 2.24) is 4.98 Å². The first-order valence-electron chi connectivity index (χ1n) is 6.31. The lowest BCUT2D eigenvalue weighted by atomic mass is 10.2. The summed E-state index contributed by atoms with van der Waals surface area (Å²) in [6.07, 6.45) is 0. The fourth-order valence-corrected chi connectivity index (χ4v) is 1.83. The highest BCUT2D eigenvalue weighted by Crippen LogP contribution is 2.14. The van der Waals surface area contributed by atoms with Gasteiger partial charge < -0.3 is 15.7 Å². The maximum absolute atomic E-state index is 11.9. The smallest absolute Gasteiger partial charge is 0.335 e. The molecule has 0 radical (unpaired) electrons. The van der Waals surface area contributed by atoms with Crippen LogP contribution in [-0.4, -0.2) is 22.1 Å². The molecule has 0 aliphatic heterocycles. The van der Waals surface area contributed by atoms with Crippen LogP contribution in [0.15, 0.2) is 36.4 Å². The van der Waals surface area contributed by atoms with E-state index in [4.69, 9.17) is 5.11 Å². The number of hydrogen-bond donors (Lipinski definition) is 3. The molecule has 108 valence electrons. The van der Waals surface area contributed by atoms with Crippen molar-refractivity contribution >= 4 is 23.4 Å². The predicted octanol–water partition coefficient (Wildman–Crippen LogP) is 3.04. The first-order valence-corrected chi connectivity index (χ1v) is 6.31. The number of nitrogens with zero attached hydrogens (tertiary/aromatic N) is 1. The van der Waals surface area contributed by atoms with Crippen LogP contribution in [-0.2, 0) is 0 Å². The second kappa shape index (κ2) is 6.04. The SMILES string of the molecule is Cc1ccc(NC(=O)Nc2cccc(C(=O)O)c2)c(C)n1. The number of urea groups is 1. The van der Waals surface area contributed by atoms with E-state index in [1.807, 2.05) is 6.92 Å². The van der Waals surface area contributed by atoms with Gasteiger partial charge in [0.05, 0.1) is 16.9 Å². The summed E-state index contributed by atoms with van der Waals surface area (Å²) in [4.78, 5) is 27.0. The Hall–Kier alpha value is -2.89. The quantitative estimate of drug-likeness (QED) is 0.808. The highest BCUT2D eigenvalue weighted by atomic mass is 16.4. The van der Waals surface area contributed by atoms with Crippen molar-refractivity contribution < 1.29 is 14.7 Å². The number of aromatic carboxylic acids is 1. The lowest BCUT2D eigenvalue weighted by molar-refractivity contribution is 0.0697. The molecule has 6 nitrogen and oxygen atoms in total. The van der Waals surface area contributed by atoms with Crippen LogP contribution < -0.4 is 10.6 Å². The molecule has 0 aliphatic rings. The van der Waals surface area contributed by atoms with Gasteiger partial charge in [-0.1, -0.05) is 6.07 Å². The van der Waals surface area contributed by atoms with Gasteiger partial charge in [-0.2, -0.15) is 0 Å². The number of aromatic nitrogens is 1. The van der Waals surface area contributed by atoms with Crippen LogP contribution >= 0.6 is 0 Å². The van der Waals surface area contributed by atoms with Gasteiger partial charge in [0.25, 0.3) is 0 Å². The van der Waals surface area contributed by atoms with E-state index >= 15 is 0 Å². The van der Waals surface area contributed by atoms with Gasteiger partial charge in [0, 0.05) is 11.4 Å². The third-order valence-corrected chi connectivity index (χ3v) is 2.84. The van der Waals surface area contributed by atoms with Crippen molar-refractivity contribution in [1.29, 1.82) is 0 Å². The van der Waals surface area contributed by atoms with E-state index in [1.54, 1.807) is 31.2 Å². The van der Waals surface area contributed by atoms with E-state index in [0.29, 0.717) is 17.1 Å². The Morgan fingerprint density at radius 3 is 2.52 bits per heavy atom. The van der Waals surface area contributed by atoms with Crippen LogP contribution in [0, 0.1) is 13.8 Å². The molecule has 0 bridgehead atoms. The number of aryl methyl sites for hydroxylation is 2. The zero-order valence-electron chi connectivity index (χ0n) is 11.7. The predicted molar refractivity (Wildman–Crippen MR) is 79.8 cm³/mol. The molecule has 21 heavy (non-hydrogen) atoms. The Kier molecular flexibility index (Phi) is 4.18. The van der Waals surface area contributed by atoms with Crippen molar-refractivity contribution in [2.24, 2.45) is 0 Å². The second-order valence-electron chi connectivity index (χ2n) is 4.55. The zero-order chi connectivity index (χ0) is 15.4. The second-order valence-corrected chi connectivity index (χ2v) is 4.55. The normalized spacial score (nSPS) is 10.0. The Balaban J connectivity index is 2.08. The lowest BCUT2D eigenvalue weighted by Crippen LogP contribution is -2.20. The standard InChI is InChI=1S/C15H15N3O3/c1-9-6-7-13(10(2)16-9)18-15(21)17-12-5-3-4-11(8-12)14(19)20/h3-8H,1-2H3,(H,19,20)(H2,17,18,21). The van der Waals surface area contributed by atoms with E-state index in [9.17, 15) is 9.59 Å². The summed E-state index contributed by atoms with van der Waals surface area (Å²) in [5.41, 5.74) is 2.70. The summed E-state index contributed by atoms with van der Waals surface area (Å²) in [5, 5.41) is 14.2. The van der Waals surface area contributed by atoms with Crippen LogP contribution in [0.4, 0.5) is 16.2 Å². The van der Waals surface area contributed by atoms with Crippen molar-refractivity contribution in [3.63, 3.8) is 0 Å². The molecule has 0 spiro atoms. The number of rotatable bonds is 3. The third kappa shape index (κ3) is 3.79. The number of carbonyl (C=O) groups excluding carboxylic acids is 1. The van der Waals surface area contributed by atoms with Gasteiger partial charge in [-0.15, -0.1) is 0 Å². The largest absolute Gasteiger partial charge is 0.478 e. The van der Waals surface area contributed by atoms with Crippen molar-refractivity contribution in [3.8, 4) is 0 Å². The van der Waals surface area contributed by atoms with Crippen molar-refractivity contribution in [2.75, 3.05) is 10.6 Å². The van der Waals surface area contributed by atoms with Gasteiger partial charge in [0.1, 0.15) is 0 Å². The van der Waals surface area contributed by atoms with Crippen LogP contribution in [0.25, 0.3) is 0 Å². The number of pyridine rings is 1. The summed E-state index contributed by atoms with van der Waals surface area (Å²) in [6.45, 7) is 3.67. The van der Waals surface area contributed by atoms with Crippen LogP contribution in [0.2, 0.25) is 0 Å². The highest BCUT2D eigenvalue weighted by molar-refractivity contribution is 6.00. The first kappa shape index (κ1) is 14.5. The molecule has 0 saturated heterocycles. The number of anilines is 2. The zero-order valence-corrected chi connectivity index (χ0v) is 11.7. The molecule has 0 atom stereocenters. The number of carboxylic acid groups (broad SMARTS) is 1. The Bertz CT molecular complexity index is 698. The van der Waals surface area contributed by atoms with Crippen LogP contribution in [0.5, 0.6) is 0 Å². The molecule has 3 N–H and O–H groups in total. The van der Waals surface area contributed by atoms with Gasteiger partial charge in [0.15, 0.2) is 0 Å². The number of carbonyl (C=O) groups is 2. The molecule has 2 amide bonds. The Morgan fingerprint density at radius 1 is 1.10 bits per heavy atom. The van der Waals surface area contributed by atoms with Gasteiger partial charge in [-0.3, -0.25) is 4.98 Å². The van der Waals surface area contributed by atoms with Gasteiger partial charge in [-0.05, 0) is 44.2 Å². The Morgan fingerprint density at radius 2 is 1.86 bits per heavy atom. The molecule has 0 unspecified atom stereocenters. The van der Waals surface area contributed by atoms with Crippen LogP contribution in [0.3, 0.4) is 0 Å². The molecule has 1 aromatic heterocycles.